The van der Waals surface area contributed by atoms with Crippen molar-refractivity contribution in [3.8, 4) is 0 Å². The Kier molecular flexibility index (Phi) is 4.65. The Bertz CT molecular complexity index is 605. The fourth-order valence-electron chi connectivity index (χ4n) is 1.97. The van der Waals surface area contributed by atoms with E-state index in [0.717, 1.165) is 17.7 Å². The van der Waals surface area contributed by atoms with Crippen molar-refractivity contribution in [1.29, 1.82) is 0 Å². The van der Waals surface area contributed by atoms with E-state index in [2.05, 4.69) is 9.88 Å². The van der Waals surface area contributed by atoms with Gasteiger partial charge in [-0.05, 0) is 30.3 Å². The molecule has 0 amide bonds. The Balaban J connectivity index is 2.06. The number of nitro groups is 1. The highest BCUT2D eigenvalue weighted by molar-refractivity contribution is 6.32. The third kappa shape index (κ3) is 3.76. The minimum absolute atomic E-state index is 0.0565. The maximum absolute atomic E-state index is 10.9. The molecule has 0 aliphatic carbocycles. The van der Waals surface area contributed by atoms with Crippen LogP contribution in [0.25, 0.3) is 0 Å². The van der Waals surface area contributed by atoms with Crippen LogP contribution in [0.4, 0.5) is 5.69 Å². The molecule has 0 saturated heterocycles. The molecule has 0 unspecified atom stereocenters. The van der Waals surface area contributed by atoms with E-state index >= 15 is 0 Å². The second kappa shape index (κ2) is 6.45. The third-order valence-corrected chi connectivity index (χ3v) is 3.15. The summed E-state index contributed by atoms with van der Waals surface area (Å²) in [5, 5.41) is 11.0. The minimum Gasteiger partial charge on any atom is -0.298 e. The Morgan fingerprint density at radius 1 is 1.30 bits per heavy atom. The molecule has 1 aromatic heterocycles. The van der Waals surface area contributed by atoms with Crippen LogP contribution >= 0.6 is 11.6 Å². The molecule has 0 spiro atoms. The Morgan fingerprint density at radius 2 is 2.05 bits per heavy atom. The number of halogens is 1. The summed E-state index contributed by atoms with van der Waals surface area (Å²) >= 11 is 5.79. The molecule has 1 heterocycles. The summed E-state index contributed by atoms with van der Waals surface area (Å²) in [6.07, 6.45) is 3.53. The van der Waals surface area contributed by atoms with E-state index in [-0.39, 0.29) is 10.7 Å². The molecule has 0 N–H and O–H groups in total. The summed E-state index contributed by atoms with van der Waals surface area (Å²) in [6, 6.07) is 8.76. The van der Waals surface area contributed by atoms with E-state index in [1.54, 1.807) is 24.5 Å². The van der Waals surface area contributed by atoms with Crippen molar-refractivity contribution in [2.75, 3.05) is 7.05 Å². The van der Waals surface area contributed by atoms with Crippen molar-refractivity contribution in [1.82, 2.24) is 9.88 Å². The van der Waals surface area contributed by atoms with Crippen LogP contribution in [0.1, 0.15) is 11.1 Å². The van der Waals surface area contributed by atoms with Crippen molar-refractivity contribution < 1.29 is 4.92 Å². The average molecular weight is 292 g/mol. The van der Waals surface area contributed by atoms with Crippen molar-refractivity contribution in [2.24, 2.45) is 0 Å². The monoisotopic (exact) mass is 291 g/mol. The van der Waals surface area contributed by atoms with E-state index in [0.29, 0.717) is 6.54 Å². The lowest BCUT2D eigenvalue weighted by molar-refractivity contribution is -0.384. The second-order valence-corrected chi connectivity index (χ2v) is 4.98. The topological polar surface area (TPSA) is 59.3 Å². The quantitative estimate of drug-likeness (QED) is 0.626. The van der Waals surface area contributed by atoms with Crippen LogP contribution in [0.15, 0.2) is 42.7 Å². The number of benzene rings is 1. The Labute approximate surface area is 122 Å². The molecule has 0 aliphatic heterocycles. The lowest BCUT2D eigenvalue weighted by Gasteiger charge is -2.16. The van der Waals surface area contributed by atoms with Gasteiger partial charge in [-0.15, -0.1) is 0 Å². The van der Waals surface area contributed by atoms with Crippen LogP contribution in [0, 0.1) is 10.1 Å². The van der Waals surface area contributed by atoms with Gasteiger partial charge in [0.2, 0.25) is 0 Å². The van der Waals surface area contributed by atoms with Gasteiger partial charge in [0.15, 0.2) is 0 Å². The first-order chi connectivity index (χ1) is 9.56. The molecular formula is C14H14ClN3O2. The normalized spacial score (nSPS) is 10.8. The fraction of sp³-hybridized carbons (Fsp3) is 0.214. The summed E-state index contributed by atoms with van der Waals surface area (Å²) in [6.45, 7) is 1.33. The molecule has 0 atom stereocenters. The maximum Gasteiger partial charge on any atom is 0.288 e. The van der Waals surface area contributed by atoms with E-state index in [4.69, 9.17) is 11.6 Å². The highest BCUT2D eigenvalue weighted by atomic mass is 35.5. The molecular weight excluding hydrogens is 278 g/mol. The molecule has 0 fully saturated rings. The Hall–Kier alpha value is -1.98. The molecule has 2 rings (SSSR count). The number of nitrogens with zero attached hydrogens (tertiary/aromatic N) is 3. The predicted octanol–water partition coefficient (Wildman–Crippen LogP) is 3.28. The van der Waals surface area contributed by atoms with Gasteiger partial charge in [0.25, 0.3) is 5.69 Å². The average Bonchev–Trinajstić information content (AvgIpc) is 2.41. The lowest BCUT2D eigenvalue weighted by atomic mass is 10.2. The van der Waals surface area contributed by atoms with Gasteiger partial charge >= 0.3 is 0 Å². The van der Waals surface area contributed by atoms with Gasteiger partial charge in [-0.2, -0.15) is 0 Å². The molecule has 1 aromatic carbocycles. The number of aromatic nitrogens is 1. The first-order valence-electron chi connectivity index (χ1n) is 6.06. The predicted molar refractivity (Wildman–Crippen MR) is 77.5 cm³/mol. The van der Waals surface area contributed by atoms with Crippen LogP contribution in [-0.2, 0) is 13.1 Å². The zero-order valence-corrected chi connectivity index (χ0v) is 11.7. The van der Waals surface area contributed by atoms with Crippen LogP contribution in [0.3, 0.4) is 0 Å². The number of hydrogen-bond donors (Lipinski definition) is 0. The highest BCUT2D eigenvalue weighted by Crippen LogP contribution is 2.25. The molecule has 0 radical (unpaired) electrons. The molecule has 104 valence electrons. The summed E-state index contributed by atoms with van der Waals surface area (Å²) in [5.41, 5.74) is 1.89. The highest BCUT2D eigenvalue weighted by Gasteiger charge is 2.13. The lowest BCUT2D eigenvalue weighted by Crippen LogP contribution is -2.17. The van der Waals surface area contributed by atoms with E-state index < -0.39 is 4.92 Å². The standard InChI is InChI=1S/C14H14ClN3O2/c1-17(10-12-3-2-6-16-8-12)9-11-4-5-13(15)14(7-11)18(19)20/h2-8H,9-10H2,1H3. The van der Waals surface area contributed by atoms with Crippen molar-refractivity contribution in [3.63, 3.8) is 0 Å². The Morgan fingerprint density at radius 3 is 2.70 bits per heavy atom. The summed E-state index contributed by atoms with van der Waals surface area (Å²) < 4.78 is 0. The fourth-order valence-corrected chi connectivity index (χ4v) is 2.15. The smallest absolute Gasteiger partial charge is 0.288 e. The van der Waals surface area contributed by atoms with E-state index in [1.165, 1.54) is 6.07 Å². The van der Waals surface area contributed by atoms with Crippen molar-refractivity contribution in [3.05, 3.63) is 69.0 Å². The summed E-state index contributed by atoms with van der Waals surface area (Å²) in [4.78, 5) is 16.5. The molecule has 5 nitrogen and oxygen atoms in total. The molecule has 0 saturated carbocycles. The second-order valence-electron chi connectivity index (χ2n) is 4.58. The summed E-state index contributed by atoms with van der Waals surface area (Å²) in [5.74, 6) is 0. The largest absolute Gasteiger partial charge is 0.298 e. The molecule has 20 heavy (non-hydrogen) atoms. The van der Waals surface area contributed by atoms with Gasteiger partial charge in [0.1, 0.15) is 5.02 Å². The van der Waals surface area contributed by atoms with E-state index in [9.17, 15) is 10.1 Å². The molecule has 0 aliphatic rings. The van der Waals surface area contributed by atoms with Gasteiger partial charge in [0, 0.05) is 31.5 Å². The molecule has 2 aromatic rings. The number of pyridine rings is 1. The number of hydrogen-bond acceptors (Lipinski definition) is 4. The zero-order chi connectivity index (χ0) is 14.5. The number of rotatable bonds is 5. The van der Waals surface area contributed by atoms with E-state index in [1.807, 2.05) is 19.2 Å². The van der Waals surface area contributed by atoms with Gasteiger partial charge < -0.3 is 0 Å². The van der Waals surface area contributed by atoms with Crippen LogP contribution in [0.2, 0.25) is 5.02 Å². The summed E-state index contributed by atoms with van der Waals surface area (Å²) in [7, 11) is 1.95. The van der Waals surface area contributed by atoms with Gasteiger partial charge in [-0.3, -0.25) is 20.0 Å². The first kappa shape index (κ1) is 14.4. The van der Waals surface area contributed by atoms with Crippen LogP contribution in [-0.4, -0.2) is 21.9 Å². The zero-order valence-electron chi connectivity index (χ0n) is 11.0. The van der Waals surface area contributed by atoms with Crippen molar-refractivity contribution >= 4 is 17.3 Å². The van der Waals surface area contributed by atoms with Gasteiger partial charge in [-0.1, -0.05) is 23.7 Å². The minimum atomic E-state index is -0.465. The third-order valence-electron chi connectivity index (χ3n) is 2.84. The first-order valence-corrected chi connectivity index (χ1v) is 6.44. The molecule has 0 bridgehead atoms. The van der Waals surface area contributed by atoms with Crippen LogP contribution < -0.4 is 0 Å². The molecule has 6 heteroatoms. The van der Waals surface area contributed by atoms with Gasteiger partial charge in [0.05, 0.1) is 4.92 Å². The van der Waals surface area contributed by atoms with Crippen molar-refractivity contribution in [2.45, 2.75) is 13.1 Å². The SMILES string of the molecule is CN(Cc1cccnc1)Cc1ccc(Cl)c([N+](=O)[O-])c1. The number of nitro benzene ring substituents is 1. The van der Waals surface area contributed by atoms with Crippen LogP contribution in [0.5, 0.6) is 0 Å². The maximum atomic E-state index is 10.9. The van der Waals surface area contributed by atoms with Gasteiger partial charge in [-0.25, -0.2) is 0 Å².